The molecule has 1 fully saturated rings. The molecule has 0 amide bonds. The molecule has 0 aromatic rings. The minimum absolute atomic E-state index is 0.197. The van der Waals surface area contributed by atoms with E-state index in [1.54, 1.807) is 0 Å². The number of hydrogen-bond acceptors (Lipinski definition) is 2. The van der Waals surface area contributed by atoms with E-state index in [0.717, 1.165) is 25.7 Å². The van der Waals surface area contributed by atoms with Gasteiger partial charge >= 0.3 is 0 Å². The fraction of sp³-hybridized carbons (Fsp3) is 1.00. The third-order valence-corrected chi connectivity index (χ3v) is 2.28. The standard InChI is InChI=1S/C8H16F2N2/c9-8(10)5-12-7-3-1-2-6(11)4-7/h6-8,12H,1-5,11H2. The molecule has 72 valence electrons. The highest BCUT2D eigenvalue weighted by Gasteiger charge is 2.19. The fourth-order valence-electron chi connectivity index (χ4n) is 1.67. The molecule has 0 heterocycles. The van der Waals surface area contributed by atoms with Gasteiger partial charge in [0.25, 0.3) is 6.43 Å². The molecule has 4 heteroatoms. The monoisotopic (exact) mass is 178 g/mol. The van der Waals surface area contributed by atoms with Gasteiger partial charge in [0.05, 0.1) is 6.54 Å². The van der Waals surface area contributed by atoms with Crippen molar-refractivity contribution in [2.75, 3.05) is 6.54 Å². The molecular weight excluding hydrogens is 162 g/mol. The average Bonchev–Trinajstić information content (AvgIpc) is 2.01. The smallest absolute Gasteiger partial charge is 0.250 e. The molecule has 12 heavy (non-hydrogen) atoms. The summed E-state index contributed by atoms with van der Waals surface area (Å²) >= 11 is 0. The molecule has 0 spiro atoms. The Bertz CT molecular complexity index is 130. The number of nitrogens with two attached hydrogens (primary N) is 1. The first-order valence-corrected chi connectivity index (χ1v) is 4.45. The Balaban J connectivity index is 2.14. The lowest BCUT2D eigenvalue weighted by molar-refractivity contribution is 0.137. The first-order chi connectivity index (χ1) is 5.68. The molecule has 0 radical (unpaired) electrons. The second-order valence-electron chi connectivity index (χ2n) is 3.42. The zero-order valence-electron chi connectivity index (χ0n) is 7.10. The van der Waals surface area contributed by atoms with E-state index in [0.29, 0.717) is 0 Å². The van der Waals surface area contributed by atoms with Crippen LogP contribution in [-0.2, 0) is 0 Å². The summed E-state index contributed by atoms with van der Waals surface area (Å²) in [6.07, 6.45) is 1.67. The minimum Gasteiger partial charge on any atom is -0.328 e. The normalized spacial score (nSPS) is 31.0. The van der Waals surface area contributed by atoms with Crippen LogP contribution in [0.2, 0.25) is 0 Å². The van der Waals surface area contributed by atoms with Gasteiger partial charge in [-0.1, -0.05) is 6.42 Å². The van der Waals surface area contributed by atoms with E-state index >= 15 is 0 Å². The Labute approximate surface area is 71.5 Å². The van der Waals surface area contributed by atoms with E-state index in [2.05, 4.69) is 5.32 Å². The first kappa shape index (κ1) is 9.86. The lowest BCUT2D eigenvalue weighted by Crippen LogP contribution is -2.41. The van der Waals surface area contributed by atoms with Gasteiger partial charge < -0.3 is 11.1 Å². The van der Waals surface area contributed by atoms with E-state index < -0.39 is 6.43 Å². The van der Waals surface area contributed by atoms with Crippen molar-refractivity contribution < 1.29 is 8.78 Å². The molecule has 0 aliphatic heterocycles. The summed E-state index contributed by atoms with van der Waals surface area (Å²) in [5, 5.41) is 2.82. The van der Waals surface area contributed by atoms with Crippen LogP contribution in [0.15, 0.2) is 0 Å². The molecule has 1 aliphatic carbocycles. The Morgan fingerprint density at radius 1 is 1.42 bits per heavy atom. The Morgan fingerprint density at radius 3 is 2.75 bits per heavy atom. The maximum Gasteiger partial charge on any atom is 0.250 e. The van der Waals surface area contributed by atoms with Gasteiger partial charge in [-0.3, -0.25) is 0 Å². The number of nitrogens with one attached hydrogen (secondary N) is 1. The highest BCUT2D eigenvalue weighted by Crippen LogP contribution is 2.16. The predicted molar refractivity (Wildman–Crippen MR) is 44.2 cm³/mol. The number of alkyl halides is 2. The van der Waals surface area contributed by atoms with Crippen molar-refractivity contribution in [2.45, 2.75) is 44.2 Å². The van der Waals surface area contributed by atoms with Crippen LogP contribution in [0, 0.1) is 0 Å². The van der Waals surface area contributed by atoms with Crippen LogP contribution in [0.5, 0.6) is 0 Å². The highest BCUT2D eigenvalue weighted by molar-refractivity contribution is 4.79. The Hall–Kier alpha value is -0.220. The van der Waals surface area contributed by atoms with Crippen molar-refractivity contribution in [1.82, 2.24) is 5.32 Å². The molecular formula is C8H16F2N2. The van der Waals surface area contributed by atoms with Gasteiger partial charge in [-0.05, 0) is 19.3 Å². The summed E-state index contributed by atoms with van der Waals surface area (Å²) in [4.78, 5) is 0. The molecule has 0 saturated heterocycles. The molecule has 2 nitrogen and oxygen atoms in total. The Kier molecular flexibility index (Phi) is 3.88. The van der Waals surface area contributed by atoms with E-state index in [1.807, 2.05) is 0 Å². The summed E-state index contributed by atoms with van der Waals surface area (Å²) in [6.45, 7) is -0.197. The van der Waals surface area contributed by atoms with Crippen LogP contribution < -0.4 is 11.1 Å². The molecule has 1 aliphatic rings. The second kappa shape index (κ2) is 4.72. The molecule has 0 bridgehead atoms. The molecule has 0 aromatic carbocycles. The van der Waals surface area contributed by atoms with Crippen LogP contribution in [0.4, 0.5) is 8.78 Å². The minimum atomic E-state index is -2.25. The van der Waals surface area contributed by atoms with Crippen molar-refractivity contribution in [3.63, 3.8) is 0 Å². The maximum atomic E-state index is 11.8. The number of hydrogen-bond donors (Lipinski definition) is 2. The summed E-state index contributed by atoms with van der Waals surface area (Å²) < 4.78 is 23.6. The largest absolute Gasteiger partial charge is 0.328 e. The Morgan fingerprint density at radius 2 is 2.17 bits per heavy atom. The van der Waals surface area contributed by atoms with E-state index in [4.69, 9.17) is 5.73 Å². The quantitative estimate of drug-likeness (QED) is 0.679. The van der Waals surface area contributed by atoms with E-state index in [1.165, 1.54) is 0 Å². The lowest BCUT2D eigenvalue weighted by atomic mass is 9.92. The van der Waals surface area contributed by atoms with Crippen LogP contribution in [0.1, 0.15) is 25.7 Å². The van der Waals surface area contributed by atoms with Gasteiger partial charge in [0.2, 0.25) is 0 Å². The van der Waals surface area contributed by atoms with Crippen molar-refractivity contribution in [2.24, 2.45) is 5.73 Å². The van der Waals surface area contributed by atoms with Crippen LogP contribution >= 0.6 is 0 Å². The topological polar surface area (TPSA) is 38.0 Å². The first-order valence-electron chi connectivity index (χ1n) is 4.45. The molecule has 1 saturated carbocycles. The lowest BCUT2D eigenvalue weighted by Gasteiger charge is -2.27. The maximum absolute atomic E-state index is 11.8. The van der Waals surface area contributed by atoms with Crippen molar-refractivity contribution >= 4 is 0 Å². The van der Waals surface area contributed by atoms with Gasteiger partial charge in [0, 0.05) is 12.1 Å². The average molecular weight is 178 g/mol. The van der Waals surface area contributed by atoms with Crippen molar-refractivity contribution in [3.05, 3.63) is 0 Å². The van der Waals surface area contributed by atoms with E-state index in [9.17, 15) is 8.78 Å². The predicted octanol–water partition coefficient (Wildman–Crippen LogP) is 1.11. The summed E-state index contributed by atoms with van der Waals surface area (Å²) in [6, 6.07) is 0.414. The fourth-order valence-corrected chi connectivity index (χ4v) is 1.67. The van der Waals surface area contributed by atoms with Gasteiger partial charge in [-0.25, -0.2) is 8.78 Å². The number of rotatable bonds is 3. The van der Waals surface area contributed by atoms with Gasteiger partial charge in [0.1, 0.15) is 0 Å². The summed E-state index contributed by atoms with van der Waals surface area (Å²) in [7, 11) is 0. The molecule has 0 aromatic heterocycles. The van der Waals surface area contributed by atoms with Gasteiger partial charge in [-0.2, -0.15) is 0 Å². The summed E-state index contributed by atoms with van der Waals surface area (Å²) in [5.41, 5.74) is 5.70. The molecule has 1 rings (SSSR count). The zero-order chi connectivity index (χ0) is 8.97. The second-order valence-corrected chi connectivity index (χ2v) is 3.42. The van der Waals surface area contributed by atoms with Crippen molar-refractivity contribution in [1.29, 1.82) is 0 Å². The van der Waals surface area contributed by atoms with Crippen LogP contribution in [0.25, 0.3) is 0 Å². The van der Waals surface area contributed by atoms with Gasteiger partial charge in [0.15, 0.2) is 0 Å². The number of halogens is 2. The summed E-state index contributed by atoms with van der Waals surface area (Å²) in [5.74, 6) is 0. The van der Waals surface area contributed by atoms with E-state index in [-0.39, 0.29) is 18.6 Å². The molecule has 2 unspecified atom stereocenters. The molecule has 2 atom stereocenters. The SMILES string of the molecule is NC1CCCC(NCC(F)F)C1. The highest BCUT2D eigenvalue weighted by atomic mass is 19.3. The zero-order valence-corrected chi connectivity index (χ0v) is 7.10. The molecule has 3 N–H and O–H groups in total. The third-order valence-electron chi connectivity index (χ3n) is 2.28. The van der Waals surface area contributed by atoms with Crippen molar-refractivity contribution in [3.8, 4) is 0 Å². The third kappa shape index (κ3) is 3.45. The van der Waals surface area contributed by atoms with Crippen LogP contribution in [-0.4, -0.2) is 25.1 Å². The van der Waals surface area contributed by atoms with Gasteiger partial charge in [-0.15, -0.1) is 0 Å². The van der Waals surface area contributed by atoms with Crippen LogP contribution in [0.3, 0.4) is 0 Å².